The second kappa shape index (κ2) is 11.6. The lowest BCUT2D eigenvalue weighted by atomic mass is 9.83. The van der Waals surface area contributed by atoms with Crippen LogP contribution in [0.25, 0.3) is 117 Å². The monoisotopic (exact) mass is 718 g/mol. The summed E-state index contributed by atoms with van der Waals surface area (Å²) < 4.78 is 5.37. The smallest absolute Gasteiger partial charge is 0.0441 e. The van der Waals surface area contributed by atoms with Crippen LogP contribution in [0.1, 0.15) is 0 Å². The molecule has 0 fully saturated rings. The van der Waals surface area contributed by atoms with E-state index in [9.17, 15) is 0 Å². The van der Waals surface area contributed by atoms with Gasteiger partial charge in [-0.3, -0.25) is 0 Å². The van der Waals surface area contributed by atoms with Crippen LogP contribution in [0.15, 0.2) is 182 Å². The van der Waals surface area contributed by atoms with E-state index in [-0.39, 0.29) is 0 Å². The van der Waals surface area contributed by atoms with Gasteiger partial charge in [0.05, 0.1) is 0 Å². The first-order valence-electron chi connectivity index (χ1n) is 18.5. The Hall–Kier alpha value is -6.32. The van der Waals surface area contributed by atoms with Gasteiger partial charge >= 0.3 is 0 Å². The second-order valence-electron chi connectivity index (χ2n) is 14.3. The molecule has 0 saturated heterocycles. The van der Waals surface area contributed by atoms with Crippen LogP contribution >= 0.6 is 22.7 Å². The van der Waals surface area contributed by atoms with Gasteiger partial charge in [0.15, 0.2) is 0 Å². The molecule has 0 aliphatic rings. The summed E-state index contributed by atoms with van der Waals surface area (Å²) in [6.07, 6.45) is 0. The molecule has 0 nitrogen and oxygen atoms in total. The van der Waals surface area contributed by atoms with Gasteiger partial charge in [-0.1, -0.05) is 164 Å². The van der Waals surface area contributed by atoms with Crippen molar-refractivity contribution in [3.05, 3.63) is 182 Å². The van der Waals surface area contributed by atoms with Gasteiger partial charge in [0.25, 0.3) is 0 Å². The summed E-state index contributed by atoms with van der Waals surface area (Å²) in [4.78, 5) is 0. The van der Waals surface area contributed by atoms with Gasteiger partial charge in [0, 0.05) is 45.9 Å². The van der Waals surface area contributed by atoms with E-state index in [0.29, 0.717) is 0 Å². The topological polar surface area (TPSA) is 0 Å². The maximum absolute atomic E-state index is 2.45. The van der Waals surface area contributed by atoms with Crippen molar-refractivity contribution in [2.24, 2.45) is 0 Å². The highest BCUT2D eigenvalue weighted by molar-refractivity contribution is 7.28. The van der Waals surface area contributed by atoms with Crippen molar-refractivity contribution in [3.63, 3.8) is 0 Å². The van der Waals surface area contributed by atoms with Crippen LogP contribution in [0, 0.1) is 0 Å². The minimum absolute atomic E-state index is 1.26. The van der Waals surface area contributed by atoms with Crippen LogP contribution in [-0.2, 0) is 0 Å². The molecule has 12 rings (SSSR count). The highest BCUT2D eigenvalue weighted by atomic mass is 32.1. The van der Waals surface area contributed by atoms with Gasteiger partial charge in [-0.2, -0.15) is 0 Å². The fraction of sp³-hybridized carbons (Fsp3) is 0. The van der Waals surface area contributed by atoms with Crippen LogP contribution in [-0.4, -0.2) is 0 Å². The molecule has 12 aromatic rings. The van der Waals surface area contributed by atoms with Crippen molar-refractivity contribution < 1.29 is 0 Å². The van der Waals surface area contributed by atoms with Crippen LogP contribution in [0.3, 0.4) is 0 Å². The molecule has 0 saturated carbocycles. The molecule has 0 unspecified atom stereocenters. The lowest BCUT2D eigenvalue weighted by Crippen LogP contribution is -1.93. The SMILES string of the molecule is c1ccc2c(-c3c4ccccc4c(-c4ccc(-c5c6sc7ccccc7c6cc6sc7ccccc7c56)c5ccccc45)c4ccccc34)cccc2c1. The summed E-state index contributed by atoms with van der Waals surface area (Å²) >= 11 is 3.84. The summed E-state index contributed by atoms with van der Waals surface area (Å²) in [5.41, 5.74) is 7.77. The molecule has 2 aromatic heterocycles. The van der Waals surface area contributed by atoms with Crippen LogP contribution in [0.5, 0.6) is 0 Å². The van der Waals surface area contributed by atoms with Crippen molar-refractivity contribution >= 4 is 106 Å². The molecule has 0 spiro atoms. The Morgan fingerprint density at radius 2 is 0.704 bits per heavy atom. The van der Waals surface area contributed by atoms with E-state index < -0.39 is 0 Å². The summed E-state index contributed by atoms with van der Waals surface area (Å²) in [5.74, 6) is 0. The number of hydrogen-bond acceptors (Lipinski definition) is 2. The summed E-state index contributed by atoms with van der Waals surface area (Å²) in [6, 6.07) is 67.8. The van der Waals surface area contributed by atoms with Crippen LogP contribution < -0.4 is 0 Å². The van der Waals surface area contributed by atoms with Gasteiger partial charge in [-0.25, -0.2) is 0 Å². The van der Waals surface area contributed by atoms with E-state index in [1.165, 1.54) is 117 Å². The Morgan fingerprint density at radius 1 is 0.259 bits per heavy atom. The quantitative estimate of drug-likeness (QED) is 0.160. The van der Waals surface area contributed by atoms with Crippen molar-refractivity contribution in [1.29, 1.82) is 0 Å². The second-order valence-corrected chi connectivity index (χ2v) is 16.4. The number of thiophene rings is 2. The van der Waals surface area contributed by atoms with E-state index in [0.717, 1.165) is 0 Å². The van der Waals surface area contributed by atoms with Gasteiger partial charge in [-0.05, 0) is 89.1 Å². The van der Waals surface area contributed by atoms with Crippen molar-refractivity contribution in [1.82, 2.24) is 0 Å². The first-order valence-corrected chi connectivity index (χ1v) is 20.1. The Kier molecular flexibility index (Phi) is 6.48. The molecule has 54 heavy (non-hydrogen) atoms. The third-order valence-corrected chi connectivity index (χ3v) is 13.8. The van der Waals surface area contributed by atoms with E-state index >= 15 is 0 Å². The highest BCUT2D eigenvalue weighted by Gasteiger charge is 2.23. The molecular formula is C52H30S2. The number of benzene rings is 10. The van der Waals surface area contributed by atoms with E-state index in [2.05, 4.69) is 182 Å². The molecule has 0 radical (unpaired) electrons. The molecule has 0 N–H and O–H groups in total. The molecule has 250 valence electrons. The maximum Gasteiger partial charge on any atom is 0.0441 e. The van der Waals surface area contributed by atoms with E-state index in [4.69, 9.17) is 0 Å². The maximum atomic E-state index is 2.45. The largest absolute Gasteiger partial charge is 0.135 e. The molecule has 2 heterocycles. The third kappa shape index (κ3) is 4.24. The molecule has 0 bridgehead atoms. The number of hydrogen-bond donors (Lipinski definition) is 0. The zero-order valence-electron chi connectivity index (χ0n) is 29.1. The zero-order valence-corrected chi connectivity index (χ0v) is 30.8. The van der Waals surface area contributed by atoms with Crippen molar-refractivity contribution in [2.75, 3.05) is 0 Å². The van der Waals surface area contributed by atoms with E-state index in [1.54, 1.807) is 0 Å². The average Bonchev–Trinajstić information content (AvgIpc) is 3.80. The molecule has 0 aliphatic heterocycles. The Labute approximate surface area is 319 Å². The number of rotatable bonds is 3. The zero-order chi connectivity index (χ0) is 35.3. The van der Waals surface area contributed by atoms with Gasteiger partial charge in [0.1, 0.15) is 0 Å². The fourth-order valence-corrected chi connectivity index (χ4v) is 11.6. The fourth-order valence-electron chi connectivity index (χ4n) is 9.21. The lowest BCUT2D eigenvalue weighted by molar-refractivity contribution is 1.68. The Bertz CT molecular complexity index is 3440. The van der Waals surface area contributed by atoms with Crippen LogP contribution in [0.4, 0.5) is 0 Å². The van der Waals surface area contributed by atoms with Gasteiger partial charge < -0.3 is 0 Å². The van der Waals surface area contributed by atoms with Crippen LogP contribution in [0.2, 0.25) is 0 Å². The predicted molar refractivity (Wildman–Crippen MR) is 239 cm³/mol. The van der Waals surface area contributed by atoms with Gasteiger partial charge in [0.2, 0.25) is 0 Å². The first kappa shape index (κ1) is 30.2. The highest BCUT2D eigenvalue weighted by Crippen LogP contribution is 2.52. The molecular weight excluding hydrogens is 689 g/mol. The standard InChI is InChI=1S/C52H30S2/c1-2-16-32-31(14-1)15-13-25-36(32)48-37-20-5-7-22-39(37)49(40-23-8-6-21-38(40)48)41-28-29-42(34-18-4-3-17-33(34)41)51-50-43-24-10-12-27-46(43)53-47(50)30-44-35-19-9-11-26-45(35)54-52(44)51/h1-30H. The Morgan fingerprint density at radius 3 is 1.33 bits per heavy atom. The summed E-state index contributed by atoms with van der Waals surface area (Å²) in [5, 5.41) is 15.6. The minimum Gasteiger partial charge on any atom is -0.135 e. The molecule has 0 atom stereocenters. The van der Waals surface area contributed by atoms with Crippen molar-refractivity contribution in [3.8, 4) is 33.4 Å². The van der Waals surface area contributed by atoms with Gasteiger partial charge in [-0.15, -0.1) is 22.7 Å². The van der Waals surface area contributed by atoms with E-state index in [1.807, 2.05) is 22.7 Å². The minimum atomic E-state index is 1.26. The van der Waals surface area contributed by atoms with Crippen molar-refractivity contribution in [2.45, 2.75) is 0 Å². The first-order chi connectivity index (χ1) is 26.8. The molecule has 0 aliphatic carbocycles. The molecule has 0 amide bonds. The lowest BCUT2D eigenvalue weighted by Gasteiger charge is -2.20. The third-order valence-electron chi connectivity index (χ3n) is 11.5. The normalized spacial score (nSPS) is 12.1. The average molecular weight is 719 g/mol. The predicted octanol–water partition coefficient (Wildman–Crippen LogP) is 16.0. The number of fused-ring (bicyclic) bond motifs is 10. The summed E-state index contributed by atoms with van der Waals surface area (Å²) in [7, 11) is 0. The molecule has 2 heteroatoms. The summed E-state index contributed by atoms with van der Waals surface area (Å²) in [6.45, 7) is 0. The molecule has 10 aromatic carbocycles. The Balaban J connectivity index is 1.20.